The zero-order chi connectivity index (χ0) is 35.1. The molecule has 0 radical (unpaired) electrons. The summed E-state index contributed by atoms with van der Waals surface area (Å²) in [5, 5.41) is 1.19. The van der Waals surface area contributed by atoms with E-state index in [1.165, 1.54) is 6.26 Å². The van der Waals surface area contributed by atoms with Crippen molar-refractivity contribution in [2.75, 3.05) is 31.7 Å². The quantitative estimate of drug-likeness (QED) is 0.235. The number of pyridine rings is 1. The Morgan fingerprint density at radius 3 is 2.06 bits per heavy atom. The zero-order valence-electron chi connectivity index (χ0n) is 28.9. The molecular formula is C37H46Cl2N4O4S. The molecule has 0 aliphatic carbocycles. The first-order valence-electron chi connectivity index (χ1n) is 16.5. The number of ether oxygens (including phenoxy) is 1. The van der Waals surface area contributed by atoms with Crippen molar-refractivity contribution in [2.45, 2.75) is 77.3 Å². The maximum Gasteiger partial charge on any atom is 0.326 e. The molecule has 3 heterocycles. The lowest BCUT2D eigenvalue weighted by atomic mass is 9.71. The molecule has 1 fully saturated rings. The average Bonchev–Trinajstić information content (AvgIpc) is 3.27. The highest BCUT2D eigenvalue weighted by Gasteiger charge is 2.60. The van der Waals surface area contributed by atoms with Crippen LogP contribution in [0.1, 0.15) is 83.2 Å². The maximum absolute atomic E-state index is 15.1. The number of carbonyl (C=O) groups excluding carboxylic acids is 1. The molecule has 3 aromatic rings. The molecule has 258 valence electrons. The second-order valence-corrected chi connectivity index (χ2v) is 17.4. The highest BCUT2D eigenvalue weighted by atomic mass is 35.5. The highest BCUT2D eigenvalue weighted by molar-refractivity contribution is 7.90. The Labute approximate surface area is 295 Å². The van der Waals surface area contributed by atoms with Gasteiger partial charge in [0.05, 0.1) is 17.9 Å². The fraction of sp³-hybridized carbons (Fsp3) is 0.486. The van der Waals surface area contributed by atoms with Crippen molar-refractivity contribution < 1.29 is 17.9 Å². The third-order valence-corrected chi connectivity index (χ3v) is 11.4. The number of benzene rings is 2. The Morgan fingerprint density at radius 2 is 1.54 bits per heavy atom. The van der Waals surface area contributed by atoms with Gasteiger partial charge < -0.3 is 9.64 Å². The molecule has 1 aromatic heterocycles. The second kappa shape index (κ2) is 13.6. The monoisotopic (exact) mass is 712 g/mol. The van der Waals surface area contributed by atoms with E-state index >= 15 is 4.79 Å². The molecule has 0 spiro atoms. The molecule has 8 nitrogen and oxygen atoms in total. The van der Waals surface area contributed by atoms with Crippen LogP contribution in [0.4, 0.5) is 4.79 Å². The minimum Gasteiger partial charge on any atom is -0.493 e. The fourth-order valence-corrected chi connectivity index (χ4v) is 7.81. The lowest BCUT2D eigenvalue weighted by Gasteiger charge is -2.47. The van der Waals surface area contributed by atoms with E-state index in [1.807, 2.05) is 78.2 Å². The molecule has 0 unspecified atom stereocenters. The van der Waals surface area contributed by atoms with E-state index in [-0.39, 0.29) is 23.1 Å². The molecule has 11 heteroatoms. The number of piperidine rings is 1. The van der Waals surface area contributed by atoms with Crippen molar-refractivity contribution in [1.82, 2.24) is 14.8 Å². The molecule has 2 aliphatic heterocycles. The molecule has 2 amide bonds. The van der Waals surface area contributed by atoms with E-state index in [1.54, 1.807) is 6.20 Å². The third-order valence-electron chi connectivity index (χ3n) is 9.90. The summed E-state index contributed by atoms with van der Waals surface area (Å²) in [5.74, 6) is 1.45. The number of hydrogen-bond donors (Lipinski definition) is 0. The summed E-state index contributed by atoms with van der Waals surface area (Å²) >= 11 is 12.8. The topological polar surface area (TPSA) is 92.2 Å². The first kappa shape index (κ1) is 36.1. The van der Waals surface area contributed by atoms with Gasteiger partial charge in [-0.25, -0.2) is 13.2 Å². The molecule has 2 aliphatic rings. The van der Waals surface area contributed by atoms with E-state index in [0.29, 0.717) is 53.3 Å². The van der Waals surface area contributed by atoms with E-state index in [9.17, 15) is 8.42 Å². The number of rotatable bonds is 8. The van der Waals surface area contributed by atoms with Crippen LogP contribution >= 0.6 is 23.2 Å². The van der Waals surface area contributed by atoms with E-state index in [4.69, 9.17) is 37.9 Å². The van der Waals surface area contributed by atoms with Crippen LogP contribution in [0.15, 0.2) is 65.8 Å². The van der Waals surface area contributed by atoms with Crippen LogP contribution in [0.3, 0.4) is 0 Å². The number of aromatic nitrogens is 1. The summed E-state index contributed by atoms with van der Waals surface area (Å²) in [4.78, 5) is 29.1. The van der Waals surface area contributed by atoms with Gasteiger partial charge in [-0.2, -0.15) is 0 Å². The van der Waals surface area contributed by atoms with Gasteiger partial charge in [-0.3, -0.25) is 14.9 Å². The summed E-state index contributed by atoms with van der Waals surface area (Å²) < 4.78 is 29.9. The molecule has 5 rings (SSSR count). The summed E-state index contributed by atoms with van der Waals surface area (Å²) in [7, 11) is -3.06. The Bertz CT molecular complexity index is 1780. The lowest BCUT2D eigenvalue weighted by Crippen LogP contribution is -2.59. The standard InChI is InChI=1S/C37H46Cl2N4O4S/c1-8-47-31-23-32(35(2,3)4)40-24-30(31)33-41-36(5,26-9-13-28(38)14-10-26)37(6,27-11-15-29(39)16-12-27)43(33)34(44)42-20-17-25(18-21-42)19-22-48(7,45)46/h9-16,23-25H,8,17-22H2,1-7H3/t36-,37+/m0/s1. The zero-order valence-corrected chi connectivity index (χ0v) is 31.2. The smallest absolute Gasteiger partial charge is 0.326 e. The van der Waals surface area contributed by atoms with Gasteiger partial charge in [0, 0.05) is 52.8 Å². The SMILES string of the molecule is CCOc1cc(C(C)(C)C)ncc1C1=N[C@@](C)(c2ccc(Cl)cc2)[C@@](C)(c2ccc(Cl)cc2)N1C(=O)N1CCC(CCS(C)(=O)=O)CC1. The van der Waals surface area contributed by atoms with Gasteiger partial charge in [0.25, 0.3) is 0 Å². The molecule has 1 saturated heterocycles. The van der Waals surface area contributed by atoms with Gasteiger partial charge in [0.1, 0.15) is 32.5 Å². The van der Waals surface area contributed by atoms with Crippen LogP contribution in [0.25, 0.3) is 0 Å². The molecular weight excluding hydrogens is 667 g/mol. The van der Waals surface area contributed by atoms with Crippen LogP contribution in [0, 0.1) is 5.92 Å². The number of likely N-dealkylation sites (tertiary alicyclic amines) is 1. The van der Waals surface area contributed by atoms with Crippen molar-refractivity contribution in [3.63, 3.8) is 0 Å². The van der Waals surface area contributed by atoms with Gasteiger partial charge in [-0.1, -0.05) is 68.2 Å². The number of aliphatic imine (C=N–C) groups is 1. The first-order valence-corrected chi connectivity index (χ1v) is 19.3. The Morgan fingerprint density at radius 1 is 0.979 bits per heavy atom. The number of hydrogen-bond acceptors (Lipinski definition) is 6. The average molecular weight is 714 g/mol. The summed E-state index contributed by atoms with van der Waals surface area (Å²) in [6, 6.07) is 17.0. The van der Waals surface area contributed by atoms with Crippen LogP contribution in [-0.4, -0.2) is 66.8 Å². The van der Waals surface area contributed by atoms with Crippen molar-refractivity contribution >= 4 is 44.9 Å². The highest BCUT2D eigenvalue weighted by Crippen LogP contribution is 2.54. The van der Waals surface area contributed by atoms with Crippen LogP contribution in [0.2, 0.25) is 10.0 Å². The number of nitrogens with zero attached hydrogens (tertiary/aromatic N) is 4. The predicted octanol–water partition coefficient (Wildman–Crippen LogP) is 8.24. The predicted molar refractivity (Wildman–Crippen MR) is 194 cm³/mol. The van der Waals surface area contributed by atoms with Gasteiger partial charge in [-0.05, 0) is 81.3 Å². The van der Waals surface area contributed by atoms with E-state index < -0.39 is 20.9 Å². The first-order chi connectivity index (χ1) is 22.5. The number of urea groups is 1. The molecule has 0 bridgehead atoms. The number of carbonyl (C=O) groups is 1. The van der Waals surface area contributed by atoms with Crippen LogP contribution < -0.4 is 4.74 Å². The number of sulfone groups is 1. The van der Waals surface area contributed by atoms with Gasteiger partial charge in [0.2, 0.25) is 0 Å². The maximum atomic E-state index is 15.1. The van der Waals surface area contributed by atoms with E-state index in [0.717, 1.165) is 29.7 Å². The molecule has 0 saturated carbocycles. The lowest BCUT2D eigenvalue weighted by molar-refractivity contribution is 0.0964. The fourth-order valence-electron chi connectivity index (χ4n) is 6.79. The molecule has 2 aromatic carbocycles. The van der Waals surface area contributed by atoms with Gasteiger partial charge >= 0.3 is 6.03 Å². The number of amidine groups is 1. The number of amides is 2. The van der Waals surface area contributed by atoms with Crippen molar-refractivity contribution in [2.24, 2.45) is 10.9 Å². The summed E-state index contributed by atoms with van der Waals surface area (Å²) in [5.41, 5.74) is 0.995. The van der Waals surface area contributed by atoms with Crippen molar-refractivity contribution in [3.05, 3.63) is 93.2 Å². The van der Waals surface area contributed by atoms with Gasteiger partial charge in [0.15, 0.2) is 0 Å². The van der Waals surface area contributed by atoms with Crippen LogP contribution in [0.5, 0.6) is 5.75 Å². The Balaban J connectivity index is 1.69. The Hall–Kier alpha value is -3.14. The molecule has 2 atom stereocenters. The van der Waals surface area contributed by atoms with E-state index in [2.05, 4.69) is 27.7 Å². The summed E-state index contributed by atoms with van der Waals surface area (Å²) in [6.45, 7) is 13.8. The van der Waals surface area contributed by atoms with Gasteiger partial charge in [-0.15, -0.1) is 0 Å². The molecule has 0 N–H and O–H groups in total. The minimum absolute atomic E-state index is 0.153. The van der Waals surface area contributed by atoms with Crippen molar-refractivity contribution in [3.8, 4) is 5.75 Å². The largest absolute Gasteiger partial charge is 0.493 e. The second-order valence-electron chi connectivity index (χ2n) is 14.3. The van der Waals surface area contributed by atoms with Crippen LogP contribution in [-0.2, 0) is 26.3 Å². The minimum atomic E-state index is -3.06. The number of halogens is 2. The summed E-state index contributed by atoms with van der Waals surface area (Å²) in [6.07, 6.45) is 5.09. The Kier molecular flexibility index (Phi) is 10.3. The van der Waals surface area contributed by atoms with Crippen molar-refractivity contribution in [1.29, 1.82) is 0 Å². The molecule has 48 heavy (non-hydrogen) atoms. The normalized spacial score (nSPS) is 22.1. The third kappa shape index (κ3) is 7.10.